The largest absolute Gasteiger partial charge is 0.497 e. The van der Waals surface area contributed by atoms with E-state index in [2.05, 4.69) is 9.88 Å². The van der Waals surface area contributed by atoms with Crippen molar-refractivity contribution >= 4 is 12.0 Å². The minimum absolute atomic E-state index is 0.0916. The van der Waals surface area contributed by atoms with Gasteiger partial charge in [-0.05, 0) is 55.7 Å². The van der Waals surface area contributed by atoms with Crippen molar-refractivity contribution in [1.82, 2.24) is 9.88 Å². The Bertz CT molecular complexity index is 1110. The van der Waals surface area contributed by atoms with Gasteiger partial charge < -0.3 is 14.6 Å². The number of amides is 1. The molecular weight excluding hydrogens is 374 g/mol. The lowest BCUT2D eigenvalue weighted by atomic mass is 10.1. The van der Waals surface area contributed by atoms with Gasteiger partial charge in [-0.3, -0.25) is 4.79 Å². The summed E-state index contributed by atoms with van der Waals surface area (Å²) >= 11 is 0. The fourth-order valence-electron chi connectivity index (χ4n) is 3.45. The van der Waals surface area contributed by atoms with Crippen LogP contribution in [0.1, 0.15) is 22.5 Å². The Labute approximate surface area is 177 Å². The van der Waals surface area contributed by atoms with Crippen molar-refractivity contribution < 1.29 is 9.53 Å². The molecule has 2 aromatic carbocycles. The molecule has 5 nitrogen and oxygen atoms in total. The summed E-state index contributed by atoms with van der Waals surface area (Å²) in [5.74, 6) is 0.409. The van der Waals surface area contributed by atoms with Crippen LogP contribution in [0.2, 0.25) is 0 Å². The number of ether oxygens (including phenoxy) is 1. The molecule has 0 unspecified atom stereocenters. The van der Waals surface area contributed by atoms with Crippen LogP contribution in [-0.2, 0) is 11.2 Å². The van der Waals surface area contributed by atoms with E-state index in [9.17, 15) is 10.1 Å². The van der Waals surface area contributed by atoms with Crippen LogP contribution in [0, 0.1) is 25.2 Å². The van der Waals surface area contributed by atoms with E-state index < -0.39 is 0 Å². The van der Waals surface area contributed by atoms with Crippen LogP contribution in [0.15, 0.2) is 66.2 Å². The van der Waals surface area contributed by atoms with Gasteiger partial charge in [-0.15, -0.1) is 0 Å². The minimum Gasteiger partial charge on any atom is -0.497 e. The van der Waals surface area contributed by atoms with E-state index in [0.29, 0.717) is 6.54 Å². The van der Waals surface area contributed by atoms with Crippen molar-refractivity contribution in [2.75, 3.05) is 13.7 Å². The molecule has 3 aromatic rings. The highest BCUT2D eigenvalue weighted by atomic mass is 16.5. The zero-order valence-corrected chi connectivity index (χ0v) is 17.5. The molecule has 0 radical (unpaired) electrons. The fraction of sp³-hybridized carbons (Fsp3) is 0.200. The summed E-state index contributed by atoms with van der Waals surface area (Å²) in [6.07, 6.45) is 2.37. The molecule has 1 N–H and O–H groups in total. The number of aromatic nitrogens is 1. The summed E-state index contributed by atoms with van der Waals surface area (Å²) in [6, 6.07) is 21.7. The second kappa shape index (κ2) is 9.62. The molecule has 1 aromatic heterocycles. The first-order chi connectivity index (χ1) is 14.5. The molecule has 0 aliphatic carbocycles. The number of benzene rings is 2. The van der Waals surface area contributed by atoms with Gasteiger partial charge in [-0.1, -0.05) is 36.4 Å². The summed E-state index contributed by atoms with van der Waals surface area (Å²) in [4.78, 5) is 12.5. The average Bonchev–Trinajstić information content (AvgIpc) is 3.05. The Kier molecular flexibility index (Phi) is 6.71. The Morgan fingerprint density at radius 1 is 1.13 bits per heavy atom. The standard InChI is InChI=1S/C25H25N3O2/c1-18-14-21(19(2)28(18)23-10-7-11-24(16-23)30-3)15-22(17-26)25(29)27-13-12-20-8-5-4-6-9-20/h4-11,14-16H,12-13H2,1-3H3,(H,27,29)/b22-15-. The van der Waals surface area contributed by atoms with Crippen LogP contribution in [0.3, 0.4) is 0 Å². The number of nitrogens with one attached hydrogen (secondary N) is 1. The molecule has 0 saturated carbocycles. The second-order valence-corrected chi connectivity index (χ2v) is 7.02. The van der Waals surface area contributed by atoms with Gasteiger partial charge in [-0.2, -0.15) is 5.26 Å². The maximum Gasteiger partial charge on any atom is 0.261 e. The van der Waals surface area contributed by atoms with Crippen LogP contribution in [-0.4, -0.2) is 24.1 Å². The molecule has 0 spiro atoms. The summed E-state index contributed by atoms with van der Waals surface area (Å²) in [6.45, 7) is 4.45. The highest BCUT2D eigenvalue weighted by molar-refractivity contribution is 6.01. The molecule has 0 bridgehead atoms. The SMILES string of the molecule is COc1cccc(-n2c(C)cc(/C=C(/C#N)C(=O)NCCc3ccccc3)c2C)c1. The third-order valence-corrected chi connectivity index (χ3v) is 4.99. The lowest BCUT2D eigenvalue weighted by Gasteiger charge is -2.11. The molecule has 0 atom stereocenters. The minimum atomic E-state index is -0.361. The zero-order chi connectivity index (χ0) is 21.5. The first-order valence-electron chi connectivity index (χ1n) is 9.80. The number of nitriles is 1. The first kappa shape index (κ1) is 20.9. The quantitative estimate of drug-likeness (QED) is 0.474. The van der Waals surface area contributed by atoms with E-state index in [1.807, 2.05) is 80.6 Å². The molecular formula is C25H25N3O2. The van der Waals surface area contributed by atoms with Crippen LogP contribution < -0.4 is 10.1 Å². The predicted octanol–water partition coefficient (Wildman–Crippen LogP) is 4.37. The smallest absolute Gasteiger partial charge is 0.261 e. The molecule has 152 valence electrons. The number of aryl methyl sites for hydroxylation is 1. The third kappa shape index (κ3) is 4.79. The highest BCUT2D eigenvalue weighted by Crippen LogP contribution is 2.25. The molecule has 0 saturated heterocycles. The molecule has 3 rings (SSSR count). The van der Waals surface area contributed by atoms with E-state index >= 15 is 0 Å². The van der Waals surface area contributed by atoms with Crippen molar-refractivity contribution in [3.63, 3.8) is 0 Å². The van der Waals surface area contributed by atoms with E-state index in [4.69, 9.17) is 4.74 Å². The van der Waals surface area contributed by atoms with Gasteiger partial charge in [-0.25, -0.2) is 0 Å². The predicted molar refractivity (Wildman–Crippen MR) is 119 cm³/mol. The number of carbonyl (C=O) groups is 1. The van der Waals surface area contributed by atoms with Crippen molar-refractivity contribution in [3.05, 3.63) is 88.8 Å². The Hall–Kier alpha value is -3.78. The van der Waals surface area contributed by atoms with Crippen LogP contribution >= 0.6 is 0 Å². The number of hydrogen-bond acceptors (Lipinski definition) is 3. The van der Waals surface area contributed by atoms with Crippen LogP contribution in [0.5, 0.6) is 5.75 Å². The topological polar surface area (TPSA) is 67.0 Å². The second-order valence-electron chi connectivity index (χ2n) is 7.02. The van der Waals surface area contributed by atoms with Crippen molar-refractivity contribution in [2.45, 2.75) is 20.3 Å². The maximum atomic E-state index is 12.5. The summed E-state index contributed by atoms with van der Waals surface area (Å²) < 4.78 is 7.40. The zero-order valence-electron chi connectivity index (χ0n) is 17.5. The van der Waals surface area contributed by atoms with Gasteiger partial charge in [0.05, 0.1) is 7.11 Å². The fourth-order valence-corrected chi connectivity index (χ4v) is 3.45. The van der Waals surface area contributed by atoms with Crippen LogP contribution in [0.25, 0.3) is 11.8 Å². The van der Waals surface area contributed by atoms with Gasteiger partial charge in [0.1, 0.15) is 17.4 Å². The van der Waals surface area contributed by atoms with Gasteiger partial charge in [0.25, 0.3) is 5.91 Å². The Morgan fingerprint density at radius 2 is 1.90 bits per heavy atom. The Balaban J connectivity index is 1.78. The normalized spacial score (nSPS) is 11.1. The van der Waals surface area contributed by atoms with Crippen LogP contribution in [0.4, 0.5) is 0 Å². The molecule has 0 aliphatic rings. The van der Waals surface area contributed by atoms with Gasteiger partial charge in [0, 0.05) is 29.7 Å². The number of nitrogens with zero attached hydrogens (tertiary/aromatic N) is 2. The molecule has 0 aliphatic heterocycles. The molecule has 5 heteroatoms. The lowest BCUT2D eigenvalue weighted by Crippen LogP contribution is -2.26. The summed E-state index contributed by atoms with van der Waals surface area (Å²) in [5, 5.41) is 12.4. The molecule has 1 amide bonds. The summed E-state index contributed by atoms with van der Waals surface area (Å²) in [7, 11) is 1.64. The molecule has 0 fully saturated rings. The lowest BCUT2D eigenvalue weighted by molar-refractivity contribution is -0.117. The van der Waals surface area contributed by atoms with E-state index in [-0.39, 0.29) is 11.5 Å². The van der Waals surface area contributed by atoms with Crippen molar-refractivity contribution in [3.8, 4) is 17.5 Å². The number of rotatable bonds is 7. The van der Waals surface area contributed by atoms with E-state index in [1.165, 1.54) is 0 Å². The number of methoxy groups -OCH3 is 1. The highest BCUT2D eigenvalue weighted by Gasteiger charge is 2.14. The summed E-state index contributed by atoms with van der Waals surface area (Å²) in [5.41, 5.74) is 5.00. The maximum absolute atomic E-state index is 12.5. The van der Waals surface area contributed by atoms with E-state index in [1.54, 1.807) is 13.2 Å². The first-order valence-corrected chi connectivity index (χ1v) is 9.80. The average molecular weight is 399 g/mol. The number of hydrogen-bond donors (Lipinski definition) is 1. The molecule has 1 heterocycles. The third-order valence-electron chi connectivity index (χ3n) is 4.99. The molecule has 30 heavy (non-hydrogen) atoms. The van der Waals surface area contributed by atoms with Gasteiger partial charge >= 0.3 is 0 Å². The number of carbonyl (C=O) groups excluding carboxylic acids is 1. The van der Waals surface area contributed by atoms with Crippen molar-refractivity contribution in [1.29, 1.82) is 5.26 Å². The van der Waals surface area contributed by atoms with E-state index in [0.717, 1.165) is 40.4 Å². The Morgan fingerprint density at radius 3 is 2.60 bits per heavy atom. The van der Waals surface area contributed by atoms with Gasteiger partial charge in [0.15, 0.2) is 0 Å². The van der Waals surface area contributed by atoms with Crippen molar-refractivity contribution in [2.24, 2.45) is 0 Å². The monoisotopic (exact) mass is 399 g/mol. The van der Waals surface area contributed by atoms with Gasteiger partial charge in [0.2, 0.25) is 0 Å².